The fourth-order valence-electron chi connectivity index (χ4n) is 3.09. The van der Waals surface area contributed by atoms with E-state index in [1.54, 1.807) is 12.1 Å². The van der Waals surface area contributed by atoms with E-state index in [9.17, 15) is 4.39 Å². The van der Waals surface area contributed by atoms with Gasteiger partial charge < -0.3 is 0 Å². The predicted molar refractivity (Wildman–Crippen MR) is 80.2 cm³/mol. The number of rotatable bonds is 2. The Labute approximate surface area is 120 Å². The van der Waals surface area contributed by atoms with Crippen LogP contribution < -0.4 is 0 Å². The number of nitrogens with zero attached hydrogens (tertiary/aromatic N) is 1. The van der Waals surface area contributed by atoms with Gasteiger partial charge in [-0.3, -0.25) is 4.90 Å². The SMILES string of the molecule is CC1CN(Cc2ccc(F)cc2)CCc2ccccc21. The topological polar surface area (TPSA) is 3.24 Å². The van der Waals surface area contributed by atoms with Gasteiger partial charge in [-0.25, -0.2) is 4.39 Å². The molecule has 2 aromatic carbocycles. The van der Waals surface area contributed by atoms with Crippen molar-refractivity contribution in [1.82, 2.24) is 4.90 Å². The molecule has 1 nitrogen and oxygen atoms in total. The predicted octanol–water partition coefficient (Wildman–Crippen LogP) is 3.99. The first-order valence-electron chi connectivity index (χ1n) is 7.27. The Morgan fingerprint density at radius 2 is 1.85 bits per heavy atom. The third kappa shape index (κ3) is 2.91. The summed E-state index contributed by atoms with van der Waals surface area (Å²) >= 11 is 0. The monoisotopic (exact) mass is 269 g/mol. The number of hydrogen-bond donors (Lipinski definition) is 0. The fraction of sp³-hybridized carbons (Fsp3) is 0.333. The molecule has 3 rings (SSSR count). The van der Waals surface area contributed by atoms with Crippen LogP contribution in [0.5, 0.6) is 0 Å². The summed E-state index contributed by atoms with van der Waals surface area (Å²) in [4.78, 5) is 2.47. The first-order valence-corrected chi connectivity index (χ1v) is 7.27. The van der Waals surface area contributed by atoms with Crippen molar-refractivity contribution in [1.29, 1.82) is 0 Å². The van der Waals surface area contributed by atoms with Crippen molar-refractivity contribution in [2.24, 2.45) is 0 Å². The molecule has 0 spiro atoms. The lowest BCUT2D eigenvalue weighted by molar-refractivity contribution is 0.264. The van der Waals surface area contributed by atoms with Crippen molar-refractivity contribution >= 4 is 0 Å². The first-order chi connectivity index (χ1) is 9.72. The van der Waals surface area contributed by atoms with Crippen LogP contribution in [0.4, 0.5) is 4.39 Å². The molecule has 2 aromatic rings. The van der Waals surface area contributed by atoms with Crippen molar-refractivity contribution in [2.75, 3.05) is 13.1 Å². The molecular formula is C18H20FN. The summed E-state index contributed by atoms with van der Waals surface area (Å²) in [7, 11) is 0. The summed E-state index contributed by atoms with van der Waals surface area (Å²) in [6, 6.07) is 15.6. The third-order valence-corrected chi connectivity index (χ3v) is 4.13. The lowest BCUT2D eigenvalue weighted by Crippen LogP contribution is -2.27. The summed E-state index contributed by atoms with van der Waals surface area (Å²) < 4.78 is 13.0. The van der Waals surface area contributed by atoms with Crippen molar-refractivity contribution < 1.29 is 4.39 Å². The van der Waals surface area contributed by atoms with Crippen LogP contribution in [0.15, 0.2) is 48.5 Å². The second-order valence-corrected chi connectivity index (χ2v) is 5.71. The molecule has 2 heteroatoms. The largest absolute Gasteiger partial charge is 0.298 e. The summed E-state index contributed by atoms with van der Waals surface area (Å²) in [5.41, 5.74) is 4.14. The van der Waals surface area contributed by atoms with Crippen LogP contribution in [-0.2, 0) is 13.0 Å². The molecule has 1 atom stereocenters. The molecule has 1 aliphatic heterocycles. The standard InChI is InChI=1S/C18H20FN/c1-14-12-20(13-15-6-8-17(19)9-7-15)11-10-16-4-2-3-5-18(14)16/h2-9,14H,10-13H2,1H3. The summed E-state index contributed by atoms with van der Waals surface area (Å²) in [5.74, 6) is 0.388. The molecule has 0 saturated carbocycles. The van der Waals surface area contributed by atoms with Crippen LogP contribution in [0.1, 0.15) is 29.5 Å². The number of hydrogen-bond acceptors (Lipinski definition) is 1. The lowest BCUT2D eigenvalue weighted by atomic mass is 9.95. The van der Waals surface area contributed by atoms with Crippen molar-refractivity contribution in [2.45, 2.75) is 25.8 Å². The van der Waals surface area contributed by atoms with Gasteiger partial charge in [0.05, 0.1) is 0 Å². The Bertz CT molecular complexity index is 576. The van der Waals surface area contributed by atoms with Gasteiger partial charge in [-0.2, -0.15) is 0 Å². The van der Waals surface area contributed by atoms with Gasteiger partial charge in [0.1, 0.15) is 5.82 Å². The van der Waals surface area contributed by atoms with E-state index in [1.165, 1.54) is 16.7 Å². The Morgan fingerprint density at radius 1 is 1.10 bits per heavy atom. The number of benzene rings is 2. The third-order valence-electron chi connectivity index (χ3n) is 4.13. The van der Waals surface area contributed by atoms with E-state index in [0.29, 0.717) is 5.92 Å². The summed E-state index contributed by atoms with van der Waals surface area (Å²) in [6.45, 7) is 5.33. The molecule has 0 aromatic heterocycles. The van der Waals surface area contributed by atoms with Gasteiger partial charge in [0.2, 0.25) is 0 Å². The minimum atomic E-state index is -0.162. The van der Waals surface area contributed by atoms with Crippen LogP contribution in [-0.4, -0.2) is 18.0 Å². The van der Waals surface area contributed by atoms with Crippen LogP contribution in [0.2, 0.25) is 0 Å². The van der Waals surface area contributed by atoms with E-state index in [-0.39, 0.29) is 5.82 Å². The molecular weight excluding hydrogens is 249 g/mol. The second-order valence-electron chi connectivity index (χ2n) is 5.71. The first kappa shape index (κ1) is 13.3. The molecule has 1 heterocycles. The quantitative estimate of drug-likeness (QED) is 0.797. The molecule has 0 N–H and O–H groups in total. The second kappa shape index (κ2) is 5.76. The van der Waals surface area contributed by atoms with Crippen LogP contribution in [0.3, 0.4) is 0 Å². The van der Waals surface area contributed by atoms with Crippen molar-refractivity contribution in [3.05, 3.63) is 71.0 Å². The van der Waals surface area contributed by atoms with E-state index in [2.05, 4.69) is 36.1 Å². The highest BCUT2D eigenvalue weighted by molar-refractivity contribution is 5.31. The van der Waals surface area contributed by atoms with Gasteiger partial charge >= 0.3 is 0 Å². The van der Waals surface area contributed by atoms with Gasteiger partial charge in [-0.05, 0) is 41.2 Å². The van der Waals surface area contributed by atoms with E-state index < -0.39 is 0 Å². The molecule has 104 valence electrons. The Balaban J connectivity index is 1.73. The van der Waals surface area contributed by atoms with E-state index >= 15 is 0 Å². The van der Waals surface area contributed by atoms with Gasteiger partial charge in [-0.1, -0.05) is 43.3 Å². The molecule has 1 unspecified atom stereocenters. The zero-order valence-corrected chi connectivity index (χ0v) is 11.8. The summed E-state index contributed by atoms with van der Waals surface area (Å²) in [5, 5.41) is 0. The van der Waals surface area contributed by atoms with E-state index in [0.717, 1.165) is 26.1 Å². The highest BCUT2D eigenvalue weighted by atomic mass is 19.1. The van der Waals surface area contributed by atoms with Gasteiger partial charge in [0, 0.05) is 19.6 Å². The lowest BCUT2D eigenvalue weighted by Gasteiger charge is -2.22. The molecule has 0 saturated heterocycles. The Kier molecular flexibility index (Phi) is 3.83. The maximum Gasteiger partial charge on any atom is 0.123 e. The van der Waals surface area contributed by atoms with Crippen molar-refractivity contribution in [3.8, 4) is 0 Å². The van der Waals surface area contributed by atoms with Gasteiger partial charge in [0.25, 0.3) is 0 Å². The minimum Gasteiger partial charge on any atom is -0.298 e. The number of halogens is 1. The molecule has 0 radical (unpaired) electrons. The van der Waals surface area contributed by atoms with E-state index in [1.807, 2.05) is 12.1 Å². The average Bonchev–Trinajstić information content (AvgIpc) is 2.62. The zero-order valence-electron chi connectivity index (χ0n) is 11.8. The smallest absolute Gasteiger partial charge is 0.123 e. The molecule has 0 amide bonds. The van der Waals surface area contributed by atoms with Crippen LogP contribution in [0, 0.1) is 5.82 Å². The molecule has 0 aliphatic carbocycles. The van der Waals surface area contributed by atoms with Crippen LogP contribution in [0.25, 0.3) is 0 Å². The minimum absolute atomic E-state index is 0.162. The van der Waals surface area contributed by atoms with Gasteiger partial charge in [0.15, 0.2) is 0 Å². The highest BCUT2D eigenvalue weighted by Gasteiger charge is 2.19. The zero-order chi connectivity index (χ0) is 13.9. The Morgan fingerprint density at radius 3 is 2.65 bits per heavy atom. The molecule has 20 heavy (non-hydrogen) atoms. The fourth-order valence-corrected chi connectivity index (χ4v) is 3.09. The van der Waals surface area contributed by atoms with Crippen LogP contribution >= 0.6 is 0 Å². The molecule has 0 bridgehead atoms. The normalized spacial score (nSPS) is 19.4. The van der Waals surface area contributed by atoms with Gasteiger partial charge in [-0.15, -0.1) is 0 Å². The highest BCUT2D eigenvalue weighted by Crippen LogP contribution is 2.25. The molecule has 0 fully saturated rings. The summed E-state index contributed by atoms with van der Waals surface area (Å²) in [6.07, 6.45) is 1.10. The maximum absolute atomic E-state index is 13.0. The molecule has 1 aliphatic rings. The van der Waals surface area contributed by atoms with E-state index in [4.69, 9.17) is 0 Å². The number of fused-ring (bicyclic) bond motifs is 1. The maximum atomic E-state index is 13.0. The Hall–Kier alpha value is -1.67. The average molecular weight is 269 g/mol. The van der Waals surface area contributed by atoms with Crippen molar-refractivity contribution in [3.63, 3.8) is 0 Å².